The van der Waals surface area contributed by atoms with Crippen molar-refractivity contribution in [3.8, 4) is 5.75 Å². The maximum absolute atomic E-state index is 12.4. The first kappa shape index (κ1) is 21.2. The highest BCUT2D eigenvalue weighted by molar-refractivity contribution is 5.95. The summed E-state index contributed by atoms with van der Waals surface area (Å²) < 4.78 is 10.2. The number of hydrogen-bond donors (Lipinski definition) is 2. The summed E-state index contributed by atoms with van der Waals surface area (Å²) in [5.74, 6) is 0.243. The zero-order valence-electron chi connectivity index (χ0n) is 16.6. The van der Waals surface area contributed by atoms with Crippen LogP contribution in [-0.2, 0) is 16.1 Å². The average Bonchev–Trinajstić information content (AvgIpc) is 2.68. The monoisotopic (exact) mass is 383 g/mol. The van der Waals surface area contributed by atoms with E-state index in [1.54, 1.807) is 24.3 Å². The Bertz CT molecular complexity index is 831. The van der Waals surface area contributed by atoms with Gasteiger partial charge in [-0.1, -0.05) is 18.7 Å². The lowest BCUT2D eigenvalue weighted by atomic mass is 10.1. The van der Waals surface area contributed by atoms with Crippen molar-refractivity contribution in [3.63, 3.8) is 0 Å². The molecule has 0 aliphatic rings. The van der Waals surface area contributed by atoms with Crippen LogP contribution in [0.3, 0.4) is 0 Å². The highest BCUT2D eigenvalue weighted by Gasteiger charge is 2.14. The highest BCUT2D eigenvalue weighted by atomic mass is 16.5. The summed E-state index contributed by atoms with van der Waals surface area (Å²) in [4.78, 5) is 25.1. The molecule has 2 N–H and O–H groups in total. The molecule has 28 heavy (non-hydrogen) atoms. The van der Waals surface area contributed by atoms with Crippen molar-refractivity contribution in [1.82, 2.24) is 0 Å². The first-order valence-corrected chi connectivity index (χ1v) is 9.05. The summed E-state index contributed by atoms with van der Waals surface area (Å²) in [6.45, 7) is 6.98. The van der Waals surface area contributed by atoms with E-state index in [9.17, 15) is 9.59 Å². The third kappa shape index (κ3) is 6.25. The largest absolute Gasteiger partial charge is 0.490 e. The standard InChI is InChI=1S/C22H26N2O4/c1-5-12-28-19-10-7-17(8-11-19)14-24(3)15-21(25)23-20-13-18(22(26)27-4)9-6-16(20)2/h5-11,13H,1,12,14-15H2,2-4H3,(H,23,25)/p+1. The third-order valence-electron chi connectivity index (χ3n) is 4.19. The van der Waals surface area contributed by atoms with Gasteiger partial charge in [0.05, 0.1) is 19.7 Å². The van der Waals surface area contributed by atoms with E-state index in [0.717, 1.165) is 21.8 Å². The van der Waals surface area contributed by atoms with Gasteiger partial charge in [0.2, 0.25) is 0 Å². The normalized spacial score (nSPS) is 11.4. The number of benzene rings is 2. The second-order valence-corrected chi connectivity index (χ2v) is 6.62. The minimum absolute atomic E-state index is 0.117. The number of quaternary nitrogens is 1. The summed E-state index contributed by atoms with van der Waals surface area (Å²) in [7, 11) is 3.29. The molecule has 148 valence electrons. The van der Waals surface area contributed by atoms with Crippen LogP contribution in [0.1, 0.15) is 21.5 Å². The van der Waals surface area contributed by atoms with Gasteiger partial charge in [0.15, 0.2) is 6.54 Å². The summed E-state index contributed by atoms with van der Waals surface area (Å²) in [5, 5.41) is 2.88. The maximum Gasteiger partial charge on any atom is 0.337 e. The van der Waals surface area contributed by atoms with Gasteiger partial charge in [0, 0.05) is 11.3 Å². The second kappa shape index (κ2) is 10.3. The number of amides is 1. The fourth-order valence-electron chi connectivity index (χ4n) is 2.74. The molecular formula is C22H27N2O4+. The molecule has 0 heterocycles. The van der Waals surface area contributed by atoms with Gasteiger partial charge in [-0.05, 0) is 48.9 Å². The van der Waals surface area contributed by atoms with Crippen LogP contribution in [0.5, 0.6) is 5.75 Å². The summed E-state index contributed by atoms with van der Waals surface area (Å²) >= 11 is 0. The Morgan fingerprint density at radius 1 is 1.18 bits per heavy atom. The number of esters is 1. The molecule has 6 heteroatoms. The quantitative estimate of drug-likeness (QED) is 0.513. The predicted molar refractivity (Wildman–Crippen MR) is 109 cm³/mol. The number of anilines is 1. The Morgan fingerprint density at radius 3 is 2.54 bits per heavy atom. The van der Waals surface area contributed by atoms with E-state index in [0.29, 0.717) is 30.9 Å². The lowest BCUT2D eigenvalue weighted by Crippen LogP contribution is -3.08. The maximum atomic E-state index is 12.4. The van der Waals surface area contributed by atoms with Crippen LogP contribution >= 0.6 is 0 Å². The molecule has 0 aliphatic carbocycles. The molecule has 2 aromatic rings. The molecule has 0 fully saturated rings. The summed E-state index contributed by atoms with van der Waals surface area (Å²) in [6, 6.07) is 12.9. The Morgan fingerprint density at radius 2 is 1.89 bits per heavy atom. The highest BCUT2D eigenvalue weighted by Crippen LogP contribution is 2.17. The minimum Gasteiger partial charge on any atom is -0.490 e. The zero-order valence-corrected chi connectivity index (χ0v) is 16.6. The number of methoxy groups -OCH3 is 1. The molecule has 6 nitrogen and oxygen atoms in total. The minimum atomic E-state index is -0.432. The number of rotatable bonds is 9. The Balaban J connectivity index is 1.92. The molecule has 2 rings (SSSR count). The van der Waals surface area contributed by atoms with Gasteiger partial charge in [-0.3, -0.25) is 4.79 Å². The van der Waals surface area contributed by atoms with Crippen LogP contribution in [0, 0.1) is 6.92 Å². The molecule has 0 saturated carbocycles. The Kier molecular flexibility index (Phi) is 7.77. The van der Waals surface area contributed by atoms with E-state index in [2.05, 4.69) is 11.9 Å². The Labute approximate surface area is 165 Å². The number of carbonyl (C=O) groups excluding carboxylic acids is 2. The van der Waals surface area contributed by atoms with E-state index in [1.807, 2.05) is 38.2 Å². The van der Waals surface area contributed by atoms with E-state index in [4.69, 9.17) is 9.47 Å². The van der Waals surface area contributed by atoms with E-state index in [-0.39, 0.29) is 5.91 Å². The van der Waals surface area contributed by atoms with E-state index < -0.39 is 5.97 Å². The Hall–Kier alpha value is -3.12. The first-order valence-electron chi connectivity index (χ1n) is 9.05. The first-order chi connectivity index (χ1) is 13.4. The number of nitrogens with one attached hydrogen (secondary N) is 2. The second-order valence-electron chi connectivity index (χ2n) is 6.62. The molecule has 1 unspecified atom stereocenters. The van der Waals surface area contributed by atoms with Gasteiger partial charge in [0.1, 0.15) is 18.9 Å². The number of hydrogen-bond acceptors (Lipinski definition) is 4. The van der Waals surface area contributed by atoms with Crippen molar-refractivity contribution in [2.24, 2.45) is 0 Å². The van der Waals surface area contributed by atoms with Crippen LogP contribution in [0.4, 0.5) is 5.69 Å². The van der Waals surface area contributed by atoms with Crippen molar-refractivity contribution in [3.05, 3.63) is 71.8 Å². The van der Waals surface area contributed by atoms with Gasteiger partial charge < -0.3 is 19.7 Å². The van der Waals surface area contributed by atoms with Gasteiger partial charge in [-0.25, -0.2) is 4.79 Å². The fraction of sp³-hybridized carbons (Fsp3) is 0.273. The SMILES string of the molecule is C=CCOc1ccc(C[NH+](C)CC(=O)Nc2cc(C(=O)OC)ccc2C)cc1. The van der Waals surface area contributed by atoms with E-state index in [1.165, 1.54) is 7.11 Å². The summed E-state index contributed by atoms with van der Waals surface area (Å²) in [6.07, 6.45) is 1.70. The molecule has 2 aromatic carbocycles. The van der Waals surface area contributed by atoms with Crippen LogP contribution in [-0.4, -0.2) is 39.2 Å². The van der Waals surface area contributed by atoms with E-state index >= 15 is 0 Å². The molecule has 0 saturated heterocycles. The van der Waals surface area contributed by atoms with Gasteiger partial charge >= 0.3 is 5.97 Å². The smallest absolute Gasteiger partial charge is 0.337 e. The topological polar surface area (TPSA) is 69.1 Å². The molecule has 0 radical (unpaired) electrons. The molecule has 1 atom stereocenters. The summed E-state index contributed by atoms with van der Waals surface area (Å²) in [5.41, 5.74) is 3.01. The number of ether oxygens (including phenoxy) is 2. The lowest BCUT2D eigenvalue weighted by molar-refractivity contribution is -0.885. The van der Waals surface area contributed by atoms with Crippen molar-refractivity contribution in [2.45, 2.75) is 13.5 Å². The van der Waals surface area contributed by atoms with Crippen molar-refractivity contribution >= 4 is 17.6 Å². The third-order valence-corrected chi connectivity index (χ3v) is 4.19. The van der Waals surface area contributed by atoms with Crippen LogP contribution in [0.15, 0.2) is 55.1 Å². The molecule has 1 amide bonds. The average molecular weight is 383 g/mol. The predicted octanol–water partition coefficient (Wildman–Crippen LogP) is 2.00. The van der Waals surface area contributed by atoms with Crippen LogP contribution < -0.4 is 15.0 Å². The zero-order chi connectivity index (χ0) is 20.5. The molecule has 0 aliphatic heterocycles. The van der Waals surface area contributed by atoms with Crippen molar-refractivity contribution in [2.75, 3.05) is 32.6 Å². The van der Waals surface area contributed by atoms with Crippen molar-refractivity contribution in [1.29, 1.82) is 0 Å². The molecule has 0 aromatic heterocycles. The number of likely N-dealkylation sites (N-methyl/N-ethyl adjacent to an activating group) is 1. The van der Waals surface area contributed by atoms with Gasteiger partial charge in [-0.2, -0.15) is 0 Å². The number of carbonyl (C=O) groups is 2. The lowest BCUT2D eigenvalue weighted by Gasteiger charge is -2.15. The van der Waals surface area contributed by atoms with Gasteiger partial charge in [0.25, 0.3) is 5.91 Å². The van der Waals surface area contributed by atoms with Crippen LogP contribution in [0.25, 0.3) is 0 Å². The van der Waals surface area contributed by atoms with Crippen molar-refractivity contribution < 1.29 is 24.0 Å². The fourth-order valence-corrected chi connectivity index (χ4v) is 2.74. The molecular weight excluding hydrogens is 356 g/mol. The molecule has 0 spiro atoms. The van der Waals surface area contributed by atoms with Crippen LogP contribution in [0.2, 0.25) is 0 Å². The number of aryl methyl sites for hydroxylation is 1. The van der Waals surface area contributed by atoms with Gasteiger partial charge in [-0.15, -0.1) is 0 Å². The molecule has 0 bridgehead atoms.